The van der Waals surface area contributed by atoms with E-state index in [-0.39, 0.29) is 0 Å². The Morgan fingerprint density at radius 1 is 1.29 bits per heavy atom. The lowest BCUT2D eigenvalue weighted by atomic mass is 10.1. The van der Waals surface area contributed by atoms with Gasteiger partial charge in [-0.1, -0.05) is 19.8 Å². The topological polar surface area (TPSA) is 55.0 Å². The van der Waals surface area contributed by atoms with Gasteiger partial charge < -0.3 is 10.6 Å². The number of nitrogens with two attached hydrogens (primary N) is 1. The molecule has 0 aliphatic carbocycles. The van der Waals surface area contributed by atoms with Crippen molar-refractivity contribution < 1.29 is 0 Å². The zero-order valence-corrected chi connectivity index (χ0v) is 10.6. The SMILES string of the molecule is CCC1CCCCCN1c1ncc(CN)cn1. The molecule has 0 amide bonds. The van der Waals surface area contributed by atoms with Gasteiger partial charge >= 0.3 is 0 Å². The first-order chi connectivity index (χ1) is 8.35. The lowest BCUT2D eigenvalue weighted by molar-refractivity contribution is 0.547. The predicted octanol–water partition coefficient (Wildman–Crippen LogP) is 2.09. The van der Waals surface area contributed by atoms with Crippen molar-refractivity contribution in [2.45, 2.75) is 51.6 Å². The van der Waals surface area contributed by atoms with E-state index in [0.29, 0.717) is 12.6 Å². The van der Waals surface area contributed by atoms with Crippen LogP contribution in [-0.2, 0) is 6.54 Å². The van der Waals surface area contributed by atoms with E-state index in [9.17, 15) is 0 Å². The third-order valence-corrected chi connectivity index (χ3v) is 3.53. The van der Waals surface area contributed by atoms with E-state index < -0.39 is 0 Å². The van der Waals surface area contributed by atoms with Crippen LogP contribution in [0.3, 0.4) is 0 Å². The van der Waals surface area contributed by atoms with E-state index in [0.717, 1.165) is 18.1 Å². The van der Waals surface area contributed by atoms with E-state index in [2.05, 4.69) is 21.8 Å². The number of hydrogen-bond acceptors (Lipinski definition) is 4. The molecule has 4 nitrogen and oxygen atoms in total. The van der Waals surface area contributed by atoms with Gasteiger partial charge in [0.1, 0.15) is 0 Å². The molecule has 17 heavy (non-hydrogen) atoms. The Hall–Kier alpha value is -1.16. The van der Waals surface area contributed by atoms with Crippen LogP contribution in [0.4, 0.5) is 5.95 Å². The zero-order valence-electron chi connectivity index (χ0n) is 10.6. The van der Waals surface area contributed by atoms with E-state index in [4.69, 9.17) is 5.73 Å². The fourth-order valence-electron chi connectivity index (χ4n) is 2.47. The molecule has 94 valence electrons. The molecule has 1 saturated heterocycles. The van der Waals surface area contributed by atoms with Crippen LogP contribution < -0.4 is 10.6 Å². The molecule has 4 heteroatoms. The normalized spacial score (nSPS) is 21.3. The molecular formula is C13H22N4. The minimum Gasteiger partial charge on any atom is -0.338 e. The van der Waals surface area contributed by atoms with Crippen LogP contribution in [0.5, 0.6) is 0 Å². The van der Waals surface area contributed by atoms with E-state index in [1.165, 1.54) is 32.1 Å². The summed E-state index contributed by atoms with van der Waals surface area (Å²) < 4.78 is 0. The summed E-state index contributed by atoms with van der Waals surface area (Å²) in [5.74, 6) is 0.871. The Labute approximate surface area is 103 Å². The largest absolute Gasteiger partial charge is 0.338 e. The summed E-state index contributed by atoms with van der Waals surface area (Å²) in [4.78, 5) is 11.3. The zero-order chi connectivity index (χ0) is 12.1. The average molecular weight is 234 g/mol. The second kappa shape index (κ2) is 5.96. The van der Waals surface area contributed by atoms with Crippen LogP contribution in [-0.4, -0.2) is 22.6 Å². The van der Waals surface area contributed by atoms with Gasteiger partial charge in [0.05, 0.1) is 0 Å². The van der Waals surface area contributed by atoms with Crippen LogP contribution in [0.2, 0.25) is 0 Å². The molecule has 1 fully saturated rings. The van der Waals surface area contributed by atoms with E-state index >= 15 is 0 Å². The molecule has 0 saturated carbocycles. The number of aromatic nitrogens is 2. The summed E-state index contributed by atoms with van der Waals surface area (Å²) in [5, 5.41) is 0. The summed E-state index contributed by atoms with van der Waals surface area (Å²) in [5.41, 5.74) is 6.56. The molecule has 2 rings (SSSR count). The molecule has 1 aliphatic rings. The van der Waals surface area contributed by atoms with Gasteiger partial charge in [0, 0.05) is 37.1 Å². The van der Waals surface area contributed by atoms with Crippen molar-refractivity contribution in [2.24, 2.45) is 5.73 Å². The Balaban J connectivity index is 2.16. The Morgan fingerprint density at radius 2 is 2.06 bits per heavy atom. The summed E-state index contributed by atoms with van der Waals surface area (Å²) in [6.45, 7) is 3.84. The Kier molecular flexibility index (Phi) is 4.31. The van der Waals surface area contributed by atoms with Gasteiger partial charge in [-0.05, 0) is 19.3 Å². The molecular weight excluding hydrogens is 212 g/mol. The van der Waals surface area contributed by atoms with E-state index in [1.54, 1.807) is 0 Å². The average Bonchev–Trinajstić information content (AvgIpc) is 2.64. The first-order valence-corrected chi connectivity index (χ1v) is 6.62. The van der Waals surface area contributed by atoms with Crippen molar-refractivity contribution in [3.63, 3.8) is 0 Å². The van der Waals surface area contributed by atoms with Crippen molar-refractivity contribution in [1.82, 2.24) is 9.97 Å². The highest BCUT2D eigenvalue weighted by atomic mass is 15.3. The first-order valence-electron chi connectivity index (χ1n) is 6.62. The van der Waals surface area contributed by atoms with Crippen LogP contribution in [0.1, 0.15) is 44.6 Å². The molecule has 1 aliphatic heterocycles. The second-order valence-electron chi connectivity index (χ2n) is 4.70. The van der Waals surface area contributed by atoms with E-state index in [1.807, 2.05) is 12.4 Å². The van der Waals surface area contributed by atoms with Gasteiger partial charge in [0.25, 0.3) is 0 Å². The molecule has 1 aromatic heterocycles. The molecule has 1 unspecified atom stereocenters. The monoisotopic (exact) mass is 234 g/mol. The standard InChI is InChI=1S/C13H22N4/c1-2-12-6-4-3-5-7-17(12)13-15-9-11(8-14)10-16-13/h9-10,12H,2-8,14H2,1H3. The fourth-order valence-corrected chi connectivity index (χ4v) is 2.47. The highest BCUT2D eigenvalue weighted by Gasteiger charge is 2.21. The maximum atomic E-state index is 5.56. The number of hydrogen-bond donors (Lipinski definition) is 1. The van der Waals surface area contributed by atoms with Crippen LogP contribution in [0.15, 0.2) is 12.4 Å². The molecule has 2 N–H and O–H groups in total. The third-order valence-electron chi connectivity index (χ3n) is 3.53. The van der Waals surface area contributed by atoms with Crippen molar-refractivity contribution in [3.8, 4) is 0 Å². The van der Waals surface area contributed by atoms with Gasteiger partial charge in [0.2, 0.25) is 5.95 Å². The third kappa shape index (κ3) is 2.94. The minimum absolute atomic E-state index is 0.511. The molecule has 0 spiro atoms. The lowest BCUT2D eigenvalue weighted by Gasteiger charge is -2.29. The summed E-state index contributed by atoms with van der Waals surface area (Å²) in [6, 6.07) is 0.598. The van der Waals surface area contributed by atoms with Gasteiger partial charge in [-0.3, -0.25) is 0 Å². The van der Waals surface area contributed by atoms with Crippen molar-refractivity contribution >= 4 is 5.95 Å². The molecule has 1 aromatic rings. The summed E-state index contributed by atoms with van der Waals surface area (Å²) >= 11 is 0. The maximum absolute atomic E-state index is 5.56. The highest BCUT2D eigenvalue weighted by molar-refractivity contribution is 5.32. The summed E-state index contributed by atoms with van der Waals surface area (Å²) in [6.07, 6.45) is 10.0. The second-order valence-corrected chi connectivity index (χ2v) is 4.70. The molecule has 0 radical (unpaired) electrons. The number of anilines is 1. The lowest BCUT2D eigenvalue weighted by Crippen LogP contribution is -2.35. The highest BCUT2D eigenvalue weighted by Crippen LogP contribution is 2.22. The smallest absolute Gasteiger partial charge is 0.225 e. The predicted molar refractivity (Wildman–Crippen MR) is 69.8 cm³/mol. The number of nitrogens with zero attached hydrogens (tertiary/aromatic N) is 3. The molecule has 0 bridgehead atoms. The van der Waals surface area contributed by atoms with Crippen LogP contribution in [0.25, 0.3) is 0 Å². The summed E-state index contributed by atoms with van der Waals surface area (Å²) in [7, 11) is 0. The van der Waals surface area contributed by atoms with Crippen molar-refractivity contribution in [2.75, 3.05) is 11.4 Å². The van der Waals surface area contributed by atoms with Gasteiger partial charge in [-0.2, -0.15) is 0 Å². The Bertz CT molecular complexity index is 336. The first kappa shape index (κ1) is 12.3. The number of rotatable bonds is 3. The molecule has 0 aromatic carbocycles. The molecule has 2 heterocycles. The van der Waals surface area contributed by atoms with Crippen LogP contribution in [0, 0.1) is 0 Å². The van der Waals surface area contributed by atoms with Gasteiger partial charge in [-0.15, -0.1) is 0 Å². The maximum Gasteiger partial charge on any atom is 0.225 e. The van der Waals surface area contributed by atoms with Crippen molar-refractivity contribution in [3.05, 3.63) is 18.0 Å². The Morgan fingerprint density at radius 3 is 2.71 bits per heavy atom. The van der Waals surface area contributed by atoms with Gasteiger partial charge in [0.15, 0.2) is 0 Å². The van der Waals surface area contributed by atoms with Gasteiger partial charge in [-0.25, -0.2) is 9.97 Å². The quantitative estimate of drug-likeness (QED) is 0.870. The minimum atomic E-state index is 0.511. The molecule has 1 atom stereocenters. The van der Waals surface area contributed by atoms with Crippen LogP contribution >= 0.6 is 0 Å². The van der Waals surface area contributed by atoms with Crippen molar-refractivity contribution in [1.29, 1.82) is 0 Å². The fraction of sp³-hybridized carbons (Fsp3) is 0.692.